The van der Waals surface area contributed by atoms with E-state index in [-0.39, 0.29) is 0 Å². The molecule has 1 aromatic carbocycles. The van der Waals surface area contributed by atoms with Crippen LogP contribution in [0.1, 0.15) is 23.7 Å². The first kappa shape index (κ1) is 13.9. The lowest BCUT2D eigenvalue weighted by Crippen LogP contribution is -2.20. The van der Waals surface area contributed by atoms with E-state index in [1.54, 1.807) is 0 Å². The van der Waals surface area contributed by atoms with Gasteiger partial charge in [-0.3, -0.25) is 4.68 Å². The van der Waals surface area contributed by atoms with Crippen molar-refractivity contribution >= 4 is 23.1 Å². The van der Waals surface area contributed by atoms with E-state index >= 15 is 0 Å². The van der Waals surface area contributed by atoms with Gasteiger partial charge in [0.15, 0.2) is 0 Å². The van der Waals surface area contributed by atoms with Crippen molar-refractivity contribution in [1.82, 2.24) is 9.78 Å². The molecule has 102 valence electrons. The van der Waals surface area contributed by atoms with Gasteiger partial charge in [-0.25, -0.2) is 0 Å². The Morgan fingerprint density at radius 3 is 2.63 bits per heavy atom. The van der Waals surface area contributed by atoms with Crippen LogP contribution in [0.25, 0.3) is 0 Å². The molecule has 0 bridgehead atoms. The molecule has 0 aliphatic carbocycles. The van der Waals surface area contributed by atoms with E-state index in [2.05, 4.69) is 48.1 Å². The van der Waals surface area contributed by atoms with Gasteiger partial charge in [-0.15, -0.1) is 11.6 Å². The number of anilines is 2. The minimum absolute atomic E-state index is 0.483. The standard InChI is InChI=1S/C15H20ClN3/c1-5-19(13-8-6-7-11(2)9-13)15-14(10-16)12(3)17-18(15)4/h6-9H,5,10H2,1-4H3. The van der Waals surface area contributed by atoms with Gasteiger partial charge in [0.05, 0.1) is 11.6 Å². The molecular formula is C15H20ClN3. The van der Waals surface area contributed by atoms with E-state index in [9.17, 15) is 0 Å². The lowest BCUT2D eigenvalue weighted by atomic mass is 10.2. The van der Waals surface area contributed by atoms with Gasteiger partial charge in [-0.1, -0.05) is 12.1 Å². The normalized spacial score (nSPS) is 10.8. The summed E-state index contributed by atoms with van der Waals surface area (Å²) in [6, 6.07) is 8.49. The van der Waals surface area contributed by atoms with Crippen molar-refractivity contribution in [2.24, 2.45) is 7.05 Å². The largest absolute Gasteiger partial charge is 0.327 e. The number of hydrogen-bond acceptors (Lipinski definition) is 2. The summed E-state index contributed by atoms with van der Waals surface area (Å²) in [6.07, 6.45) is 0. The van der Waals surface area contributed by atoms with Gasteiger partial charge in [-0.05, 0) is 38.5 Å². The predicted molar refractivity (Wildman–Crippen MR) is 81.4 cm³/mol. The quantitative estimate of drug-likeness (QED) is 0.790. The number of aryl methyl sites for hydroxylation is 3. The second-order valence-corrected chi connectivity index (χ2v) is 5.00. The van der Waals surface area contributed by atoms with Crippen LogP contribution in [0.4, 0.5) is 11.5 Å². The van der Waals surface area contributed by atoms with E-state index in [0.717, 1.165) is 23.6 Å². The van der Waals surface area contributed by atoms with E-state index in [1.807, 2.05) is 18.7 Å². The predicted octanol–water partition coefficient (Wildman–Crippen LogP) is 3.93. The number of rotatable bonds is 4. The van der Waals surface area contributed by atoms with Crippen molar-refractivity contribution in [1.29, 1.82) is 0 Å². The van der Waals surface area contributed by atoms with Crippen molar-refractivity contribution < 1.29 is 0 Å². The highest BCUT2D eigenvalue weighted by Crippen LogP contribution is 2.31. The maximum atomic E-state index is 6.09. The number of nitrogens with zero attached hydrogens (tertiary/aromatic N) is 3. The van der Waals surface area contributed by atoms with Crippen LogP contribution in [0.5, 0.6) is 0 Å². The van der Waals surface area contributed by atoms with Crippen LogP contribution in [0.2, 0.25) is 0 Å². The van der Waals surface area contributed by atoms with Gasteiger partial charge in [0, 0.05) is 24.8 Å². The maximum absolute atomic E-state index is 6.09. The summed E-state index contributed by atoms with van der Waals surface area (Å²) >= 11 is 6.09. The lowest BCUT2D eigenvalue weighted by Gasteiger charge is -2.24. The Morgan fingerprint density at radius 1 is 1.32 bits per heavy atom. The highest BCUT2D eigenvalue weighted by atomic mass is 35.5. The number of halogens is 1. The third-order valence-electron chi connectivity index (χ3n) is 3.33. The van der Waals surface area contributed by atoms with E-state index in [0.29, 0.717) is 5.88 Å². The summed E-state index contributed by atoms with van der Waals surface area (Å²) in [6.45, 7) is 7.13. The van der Waals surface area contributed by atoms with Crippen LogP contribution >= 0.6 is 11.6 Å². The zero-order valence-electron chi connectivity index (χ0n) is 11.9. The van der Waals surface area contributed by atoms with Gasteiger partial charge < -0.3 is 4.90 Å². The van der Waals surface area contributed by atoms with Crippen LogP contribution in [0, 0.1) is 13.8 Å². The topological polar surface area (TPSA) is 21.1 Å². The first-order chi connectivity index (χ1) is 9.08. The number of benzene rings is 1. The minimum atomic E-state index is 0.483. The third kappa shape index (κ3) is 2.61. The fraction of sp³-hybridized carbons (Fsp3) is 0.400. The minimum Gasteiger partial charge on any atom is -0.327 e. The summed E-state index contributed by atoms with van der Waals surface area (Å²) in [7, 11) is 1.97. The van der Waals surface area contributed by atoms with Crippen LogP contribution in [0.3, 0.4) is 0 Å². The summed E-state index contributed by atoms with van der Waals surface area (Å²) in [4.78, 5) is 2.25. The van der Waals surface area contributed by atoms with Crippen LogP contribution in [-0.2, 0) is 12.9 Å². The molecule has 0 saturated carbocycles. The molecule has 1 heterocycles. The molecule has 0 amide bonds. The number of hydrogen-bond donors (Lipinski definition) is 0. The molecule has 19 heavy (non-hydrogen) atoms. The smallest absolute Gasteiger partial charge is 0.135 e. The molecule has 0 spiro atoms. The summed E-state index contributed by atoms with van der Waals surface area (Å²) in [5.74, 6) is 1.57. The van der Waals surface area contributed by atoms with Crippen LogP contribution in [-0.4, -0.2) is 16.3 Å². The van der Waals surface area contributed by atoms with E-state index in [1.165, 1.54) is 11.3 Å². The molecule has 4 heteroatoms. The maximum Gasteiger partial charge on any atom is 0.135 e. The van der Waals surface area contributed by atoms with Crippen molar-refractivity contribution in [2.45, 2.75) is 26.7 Å². The van der Waals surface area contributed by atoms with Gasteiger partial charge in [0.25, 0.3) is 0 Å². The van der Waals surface area contributed by atoms with Crippen molar-refractivity contribution in [3.63, 3.8) is 0 Å². The molecule has 1 aromatic heterocycles. The zero-order chi connectivity index (χ0) is 14.0. The fourth-order valence-electron chi connectivity index (χ4n) is 2.43. The molecule has 0 aliphatic heterocycles. The molecule has 0 radical (unpaired) electrons. The van der Waals surface area contributed by atoms with Crippen molar-refractivity contribution in [3.8, 4) is 0 Å². The summed E-state index contributed by atoms with van der Waals surface area (Å²) < 4.78 is 1.92. The van der Waals surface area contributed by atoms with Gasteiger partial charge >= 0.3 is 0 Å². The molecular weight excluding hydrogens is 258 g/mol. The molecule has 0 atom stereocenters. The lowest BCUT2D eigenvalue weighted by molar-refractivity contribution is 0.741. The molecule has 0 aliphatic rings. The Bertz CT molecular complexity index is 575. The molecule has 2 rings (SSSR count). The molecule has 3 nitrogen and oxygen atoms in total. The Labute approximate surface area is 119 Å². The van der Waals surface area contributed by atoms with Crippen molar-refractivity contribution in [3.05, 3.63) is 41.1 Å². The third-order valence-corrected chi connectivity index (χ3v) is 3.60. The molecule has 0 saturated heterocycles. The summed E-state index contributed by atoms with van der Waals surface area (Å²) in [5.41, 5.74) is 4.53. The van der Waals surface area contributed by atoms with Crippen LogP contribution in [0.15, 0.2) is 24.3 Å². The molecule has 2 aromatic rings. The van der Waals surface area contributed by atoms with E-state index < -0.39 is 0 Å². The van der Waals surface area contributed by atoms with Crippen LogP contribution < -0.4 is 4.90 Å². The SMILES string of the molecule is CCN(c1cccc(C)c1)c1c(CCl)c(C)nn1C. The first-order valence-corrected chi connectivity index (χ1v) is 7.04. The van der Waals surface area contributed by atoms with Gasteiger partial charge in [0.2, 0.25) is 0 Å². The Kier molecular flexibility index (Phi) is 4.15. The van der Waals surface area contributed by atoms with Crippen molar-refractivity contribution in [2.75, 3.05) is 11.4 Å². The zero-order valence-corrected chi connectivity index (χ0v) is 12.7. The highest BCUT2D eigenvalue weighted by molar-refractivity contribution is 6.17. The average Bonchev–Trinajstić information content (AvgIpc) is 2.65. The molecule has 0 fully saturated rings. The van der Waals surface area contributed by atoms with Gasteiger partial charge in [-0.2, -0.15) is 5.10 Å². The second kappa shape index (κ2) is 5.66. The summed E-state index contributed by atoms with van der Waals surface area (Å²) in [5, 5.41) is 4.49. The van der Waals surface area contributed by atoms with Gasteiger partial charge in [0.1, 0.15) is 5.82 Å². The Morgan fingerprint density at radius 2 is 2.05 bits per heavy atom. The number of alkyl halides is 1. The second-order valence-electron chi connectivity index (χ2n) is 4.73. The fourth-order valence-corrected chi connectivity index (χ4v) is 2.75. The monoisotopic (exact) mass is 277 g/mol. The van der Waals surface area contributed by atoms with E-state index in [4.69, 9.17) is 11.6 Å². The first-order valence-electron chi connectivity index (χ1n) is 6.51. The number of aromatic nitrogens is 2. The Balaban J connectivity index is 2.54. The highest BCUT2D eigenvalue weighted by Gasteiger charge is 2.19. The Hall–Kier alpha value is -1.48. The molecule has 0 unspecified atom stereocenters. The molecule has 0 N–H and O–H groups in total. The average molecular weight is 278 g/mol.